The molecule has 0 aromatic rings. The SMILES string of the molecule is CCOC1=C(C)C(S(=O)(=O)C2C=CCC=N2)=CC(=N)C1. The van der Waals surface area contributed by atoms with Gasteiger partial charge in [0.15, 0.2) is 5.37 Å². The minimum atomic E-state index is -3.62. The molecule has 108 valence electrons. The molecule has 1 aliphatic carbocycles. The summed E-state index contributed by atoms with van der Waals surface area (Å²) in [5.74, 6) is 0.558. The predicted molar refractivity (Wildman–Crippen MR) is 79.7 cm³/mol. The van der Waals surface area contributed by atoms with Crippen molar-refractivity contribution in [3.05, 3.63) is 34.5 Å². The van der Waals surface area contributed by atoms with Crippen LogP contribution in [-0.2, 0) is 14.6 Å². The Kier molecular flexibility index (Phi) is 4.23. The van der Waals surface area contributed by atoms with E-state index < -0.39 is 15.2 Å². The lowest BCUT2D eigenvalue weighted by Gasteiger charge is -2.22. The van der Waals surface area contributed by atoms with E-state index in [2.05, 4.69) is 4.99 Å². The summed E-state index contributed by atoms with van der Waals surface area (Å²) in [4.78, 5) is 4.18. The van der Waals surface area contributed by atoms with Crippen LogP contribution < -0.4 is 0 Å². The van der Waals surface area contributed by atoms with Gasteiger partial charge in [-0.1, -0.05) is 6.08 Å². The number of sulfone groups is 1. The zero-order valence-electron chi connectivity index (χ0n) is 11.6. The van der Waals surface area contributed by atoms with Crippen LogP contribution in [0.5, 0.6) is 0 Å². The normalized spacial score (nSPS) is 23.0. The van der Waals surface area contributed by atoms with E-state index in [-0.39, 0.29) is 10.6 Å². The van der Waals surface area contributed by atoms with Gasteiger partial charge in [-0.2, -0.15) is 0 Å². The van der Waals surface area contributed by atoms with Crippen molar-refractivity contribution in [2.75, 3.05) is 6.61 Å². The zero-order valence-corrected chi connectivity index (χ0v) is 12.4. The molecule has 5 nitrogen and oxygen atoms in total. The summed E-state index contributed by atoms with van der Waals surface area (Å²) in [6.45, 7) is 4.01. The first-order valence-electron chi connectivity index (χ1n) is 6.51. The Morgan fingerprint density at radius 3 is 2.85 bits per heavy atom. The number of nitrogens with zero attached hydrogens (tertiary/aromatic N) is 1. The summed E-state index contributed by atoms with van der Waals surface area (Å²) in [5, 5.41) is 6.90. The van der Waals surface area contributed by atoms with Gasteiger partial charge in [-0.25, -0.2) is 8.42 Å². The van der Waals surface area contributed by atoms with Gasteiger partial charge in [0.2, 0.25) is 9.84 Å². The van der Waals surface area contributed by atoms with E-state index in [4.69, 9.17) is 10.1 Å². The summed E-state index contributed by atoms with van der Waals surface area (Å²) in [6, 6.07) is 0. The van der Waals surface area contributed by atoms with Crippen molar-refractivity contribution in [1.82, 2.24) is 0 Å². The van der Waals surface area contributed by atoms with E-state index in [1.807, 2.05) is 6.92 Å². The Morgan fingerprint density at radius 2 is 2.25 bits per heavy atom. The highest BCUT2D eigenvalue weighted by molar-refractivity contribution is 7.96. The van der Waals surface area contributed by atoms with Crippen molar-refractivity contribution in [2.45, 2.75) is 32.1 Å². The average molecular weight is 294 g/mol. The Hall–Kier alpha value is -1.69. The summed E-state index contributed by atoms with van der Waals surface area (Å²) >= 11 is 0. The van der Waals surface area contributed by atoms with Gasteiger partial charge in [0.05, 0.1) is 11.5 Å². The molecule has 1 aliphatic heterocycles. The van der Waals surface area contributed by atoms with E-state index in [0.717, 1.165) is 0 Å². The number of ether oxygens (including phenoxy) is 1. The Balaban J connectivity index is 2.44. The molecule has 0 saturated heterocycles. The fourth-order valence-corrected chi connectivity index (χ4v) is 3.85. The van der Waals surface area contributed by atoms with Crippen molar-refractivity contribution in [2.24, 2.45) is 4.99 Å². The van der Waals surface area contributed by atoms with Gasteiger partial charge in [0.1, 0.15) is 5.76 Å². The Labute approximate surface area is 119 Å². The maximum absolute atomic E-state index is 12.6. The van der Waals surface area contributed by atoms with Crippen LogP contribution in [0.3, 0.4) is 0 Å². The first-order valence-corrected chi connectivity index (χ1v) is 8.05. The van der Waals surface area contributed by atoms with Crippen molar-refractivity contribution in [1.29, 1.82) is 5.41 Å². The zero-order chi connectivity index (χ0) is 14.8. The minimum absolute atomic E-state index is 0.144. The quantitative estimate of drug-likeness (QED) is 0.808. The number of hydrogen-bond donors (Lipinski definition) is 1. The van der Waals surface area contributed by atoms with Crippen LogP contribution in [0, 0.1) is 5.41 Å². The molecule has 0 aromatic heterocycles. The minimum Gasteiger partial charge on any atom is -0.497 e. The molecule has 0 bridgehead atoms. The Morgan fingerprint density at radius 1 is 1.50 bits per heavy atom. The molecule has 0 amide bonds. The molecule has 0 radical (unpaired) electrons. The van der Waals surface area contributed by atoms with Crippen LogP contribution in [0.2, 0.25) is 0 Å². The van der Waals surface area contributed by atoms with Crippen molar-refractivity contribution in [3.63, 3.8) is 0 Å². The largest absolute Gasteiger partial charge is 0.497 e. The van der Waals surface area contributed by atoms with E-state index >= 15 is 0 Å². The van der Waals surface area contributed by atoms with Crippen LogP contribution in [-0.4, -0.2) is 32.3 Å². The molecule has 1 unspecified atom stereocenters. The van der Waals surface area contributed by atoms with Crippen molar-refractivity contribution < 1.29 is 13.2 Å². The van der Waals surface area contributed by atoms with Gasteiger partial charge in [-0.3, -0.25) is 4.99 Å². The summed E-state index contributed by atoms with van der Waals surface area (Å²) in [6.07, 6.45) is 7.36. The third-order valence-corrected chi connectivity index (χ3v) is 5.13. The summed E-state index contributed by atoms with van der Waals surface area (Å²) in [7, 11) is -3.62. The van der Waals surface area contributed by atoms with Gasteiger partial charge in [0, 0.05) is 30.3 Å². The molecule has 0 fully saturated rings. The standard InChI is InChI=1S/C14H18N2O3S/c1-3-19-12-8-11(15)9-13(10(12)2)20(17,18)14-6-4-5-7-16-14/h4,6-7,9,14-15H,3,5,8H2,1-2H3. The van der Waals surface area contributed by atoms with E-state index in [0.29, 0.717) is 30.8 Å². The van der Waals surface area contributed by atoms with Crippen molar-refractivity contribution >= 4 is 21.8 Å². The monoisotopic (exact) mass is 294 g/mol. The topological polar surface area (TPSA) is 79.6 Å². The molecule has 1 heterocycles. The number of nitrogens with one attached hydrogen (secondary N) is 1. The highest BCUT2D eigenvalue weighted by atomic mass is 32.2. The highest BCUT2D eigenvalue weighted by Gasteiger charge is 2.32. The highest BCUT2D eigenvalue weighted by Crippen LogP contribution is 2.31. The summed E-state index contributed by atoms with van der Waals surface area (Å²) in [5.41, 5.74) is 0.818. The third-order valence-electron chi connectivity index (χ3n) is 3.18. The number of rotatable bonds is 4. The molecular formula is C14H18N2O3S. The van der Waals surface area contributed by atoms with E-state index in [1.54, 1.807) is 25.3 Å². The van der Waals surface area contributed by atoms with Gasteiger partial charge >= 0.3 is 0 Å². The lowest BCUT2D eigenvalue weighted by atomic mass is 10.0. The number of dihydropyridines is 1. The van der Waals surface area contributed by atoms with Crippen LogP contribution in [0.15, 0.2) is 39.5 Å². The third kappa shape index (κ3) is 2.75. The van der Waals surface area contributed by atoms with Gasteiger partial charge in [-0.15, -0.1) is 0 Å². The molecule has 1 N–H and O–H groups in total. The molecule has 2 aliphatic rings. The van der Waals surface area contributed by atoms with E-state index in [1.165, 1.54) is 6.08 Å². The van der Waals surface area contributed by atoms with E-state index in [9.17, 15) is 8.42 Å². The molecule has 1 atom stereocenters. The Bertz CT molecular complexity index is 627. The second kappa shape index (κ2) is 5.75. The summed E-state index contributed by atoms with van der Waals surface area (Å²) < 4.78 is 30.7. The fourth-order valence-electron chi connectivity index (χ4n) is 2.17. The molecule has 6 heteroatoms. The molecular weight excluding hydrogens is 276 g/mol. The lowest BCUT2D eigenvalue weighted by molar-refractivity contribution is 0.223. The fraction of sp³-hybridized carbons (Fsp3) is 0.429. The van der Waals surface area contributed by atoms with Crippen molar-refractivity contribution in [3.8, 4) is 0 Å². The molecule has 2 rings (SSSR count). The second-order valence-electron chi connectivity index (χ2n) is 4.62. The number of aliphatic imine (C=N–C) groups is 1. The number of allylic oxidation sites excluding steroid dienone is 4. The molecule has 0 aromatic carbocycles. The maximum atomic E-state index is 12.6. The maximum Gasteiger partial charge on any atom is 0.205 e. The smallest absolute Gasteiger partial charge is 0.205 e. The molecule has 0 saturated carbocycles. The second-order valence-corrected chi connectivity index (χ2v) is 6.64. The van der Waals surface area contributed by atoms with Crippen LogP contribution in [0.25, 0.3) is 0 Å². The van der Waals surface area contributed by atoms with Crippen LogP contribution >= 0.6 is 0 Å². The molecule has 0 spiro atoms. The van der Waals surface area contributed by atoms with Crippen LogP contribution in [0.4, 0.5) is 0 Å². The predicted octanol–water partition coefficient (Wildman–Crippen LogP) is 2.38. The first kappa shape index (κ1) is 14.7. The van der Waals surface area contributed by atoms with Gasteiger partial charge in [0.25, 0.3) is 0 Å². The van der Waals surface area contributed by atoms with Gasteiger partial charge < -0.3 is 10.1 Å². The number of hydrogen-bond acceptors (Lipinski definition) is 5. The molecule has 20 heavy (non-hydrogen) atoms. The van der Waals surface area contributed by atoms with Crippen LogP contribution in [0.1, 0.15) is 26.7 Å². The first-order chi connectivity index (χ1) is 9.46. The average Bonchev–Trinajstić information content (AvgIpc) is 2.43. The van der Waals surface area contributed by atoms with Gasteiger partial charge in [-0.05, 0) is 26.0 Å². The lowest BCUT2D eigenvalue weighted by Crippen LogP contribution is -2.24.